The second-order valence-electron chi connectivity index (χ2n) is 4.87. The molecular weight excluding hydrogens is 274 g/mol. The maximum absolute atomic E-state index is 12.4. The fourth-order valence-corrected chi connectivity index (χ4v) is 4.01. The van der Waals surface area contributed by atoms with Crippen molar-refractivity contribution in [3.63, 3.8) is 0 Å². The van der Waals surface area contributed by atoms with Crippen LogP contribution in [0, 0.1) is 0 Å². The average molecular weight is 289 g/mol. The first kappa shape index (κ1) is 13.0. The zero-order valence-corrected chi connectivity index (χ0v) is 11.6. The Balaban J connectivity index is 1.81. The highest BCUT2D eigenvalue weighted by molar-refractivity contribution is 7.91. The summed E-state index contributed by atoms with van der Waals surface area (Å²) in [5.41, 5.74) is 7.08. The minimum absolute atomic E-state index is 0.0596. The Bertz CT molecular complexity index is 715. The van der Waals surface area contributed by atoms with E-state index in [1.807, 2.05) is 24.3 Å². The Kier molecular flexibility index (Phi) is 3.14. The molecule has 3 rings (SSSR count). The van der Waals surface area contributed by atoms with E-state index in [0.717, 1.165) is 11.3 Å². The third kappa shape index (κ3) is 2.36. The van der Waals surface area contributed by atoms with Gasteiger partial charge in [-0.05, 0) is 23.8 Å². The van der Waals surface area contributed by atoms with Crippen LogP contribution < -0.4 is 10.5 Å². The number of hydrogen-bond acceptors (Lipinski definition) is 4. The Morgan fingerprint density at radius 3 is 2.55 bits per heavy atom. The Morgan fingerprint density at radius 1 is 1.10 bits per heavy atom. The number of ether oxygens (including phenoxy) is 1. The lowest BCUT2D eigenvalue weighted by Gasteiger charge is -2.12. The first-order chi connectivity index (χ1) is 9.56. The molecule has 2 aromatic carbocycles. The lowest BCUT2D eigenvalue weighted by Crippen LogP contribution is -2.25. The van der Waals surface area contributed by atoms with E-state index in [-0.39, 0.29) is 22.4 Å². The first-order valence-electron chi connectivity index (χ1n) is 6.38. The summed E-state index contributed by atoms with van der Waals surface area (Å²) in [7, 11) is -3.44. The predicted molar refractivity (Wildman–Crippen MR) is 77.5 cm³/mol. The molecule has 0 saturated carbocycles. The number of nitrogen functional groups attached to an aromatic ring is 1. The van der Waals surface area contributed by atoms with E-state index in [2.05, 4.69) is 0 Å². The summed E-state index contributed by atoms with van der Waals surface area (Å²) in [5.74, 6) is 0.712. The first-order valence-corrected chi connectivity index (χ1v) is 8.03. The van der Waals surface area contributed by atoms with Crippen molar-refractivity contribution in [2.45, 2.75) is 17.4 Å². The number of benzene rings is 2. The van der Waals surface area contributed by atoms with Crippen molar-refractivity contribution in [2.24, 2.45) is 0 Å². The van der Waals surface area contributed by atoms with Crippen molar-refractivity contribution in [1.82, 2.24) is 0 Å². The third-order valence-electron chi connectivity index (χ3n) is 3.37. The van der Waals surface area contributed by atoms with E-state index < -0.39 is 9.84 Å². The normalized spacial score (nSPS) is 17.5. The molecule has 5 heteroatoms. The largest absolute Gasteiger partial charge is 0.489 e. The van der Waals surface area contributed by atoms with Crippen LogP contribution in [0.3, 0.4) is 0 Å². The highest BCUT2D eigenvalue weighted by Gasteiger charge is 2.29. The molecule has 4 nitrogen and oxygen atoms in total. The van der Waals surface area contributed by atoms with Crippen molar-refractivity contribution in [2.75, 3.05) is 11.5 Å². The second kappa shape index (κ2) is 4.83. The zero-order valence-electron chi connectivity index (χ0n) is 10.8. The second-order valence-corrected chi connectivity index (χ2v) is 6.87. The van der Waals surface area contributed by atoms with Gasteiger partial charge in [0.25, 0.3) is 0 Å². The maximum atomic E-state index is 12.4. The molecule has 1 heterocycles. The van der Waals surface area contributed by atoms with Gasteiger partial charge in [0, 0.05) is 6.42 Å². The zero-order chi connectivity index (χ0) is 14.2. The molecule has 2 N–H and O–H groups in total. The minimum atomic E-state index is -3.44. The van der Waals surface area contributed by atoms with E-state index in [1.165, 1.54) is 6.07 Å². The molecule has 1 unspecified atom stereocenters. The van der Waals surface area contributed by atoms with Crippen molar-refractivity contribution < 1.29 is 13.2 Å². The van der Waals surface area contributed by atoms with Gasteiger partial charge in [0.15, 0.2) is 9.84 Å². The standard InChI is InChI=1S/C15H15NO3S/c16-13-6-2-4-8-15(13)20(17,18)10-12-9-11-5-1-3-7-14(11)19-12/h1-8,12H,9-10,16H2. The summed E-state index contributed by atoms with van der Waals surface area (Å²) >= 11 is 0. The molecule has 1 aliphatic heterocycles. The number of fused-ring (bicyclic) bond motifs is 1. The van der Waals surface area contributed by atoms with Gasteiger partial charge in [0.05, 0.1) is 16.3 Å². The SMILES string of the molecule is Nc1ccccc1S(=O)(=O)CC1Cc2ccccc2O1. The van der Waals surface area contributed by atoms with E-state index in [4.69, 9.17) is 10.5 Å². The van der Waals surface area contributed by atoms with Crippen LogP contribution in [0.1, 0.15) is 5.56 Å². The summed E-state index contributed by atoms with van der Waals surface area (Å²) < 4.78 is 30.5. The molecule has 0 aliphatic carbocycles. The molecule has 104 valence electrons. The molecule has 0 amide bonds. The van der Waals surface area contributed by atoms with Crippen molar-refractivity contribution in [3.05, 3.63) is 54.1 Å². The number of para-hydroxylation sites is 2. The molecule has 1 aliphatic rings. The molecule has 0 saturated heterocycles. The van der Waals surface area contributed by atoms with E-state index in [1.54, 1.807) is 18.2 Å². The molecular formula is C15H15NO3S. The van der Waals surface area contributed by atoms with Crippen LogP contribution in [0.15, 0.2) is 53.4 Å². The number of rotatable bonds is 3. The minimum Gasteiger partial charge on any atom is -0.489 e. The molecule has 0 spiro atoms. The van der Waals surface area contributed by atoms with Gasteiger partial charge in [-0.25, -0.2) is 8.42 Å². The lowest BCUT2D eigenvalue weighted by atomic mass is 10.1. The molecule has 0 bridgehead atoms. The van der Waals surface area contributed by atoms with Crippen LogP contribution in [0.4, 0.5) is 5.69 Å². The molecule has 0 aromatic heterocycles. The lowest BCUT2D eigenvalue weighted by molar-refractivity contribution is 0.256. The van der Waals surface area contributed by atoms with Crippen LogP contribution in [-0.2, 0) is 16.3 Å². The average Bonchev–Trinajstić information content (AvgIpc) is 2.80. The number of hydrogen-bond donors (Lipinski definition) is 1. The molecule has 1 atom stereocenters. The van der Waals surface area contributed by atoms with Crippen LogP contribution in [0.25, 0.3) is 0 Å². The van der Waals surface area contributed by atoms with E-state index >= 15 is 0 Å². The number of nitrogens with two attached hydrogens (primary N) is 1. The smallest absolute Gasteiger partial charge is 0.184 e. The van der Waals surface area contributed by atoms with E-state index in [0.29, 0.717) is 6.42 Å². The summed E-state index contributed by atoms with van der Waals surface area (Å²) in [5, 5.41) is 0. The summed E-state index contributed by atoms with van der Waals surface area (Å²) in [6, 6.07) is 14.1. The van der Waals surface area contributed by atoms with E-state index in [9.17, 15) is 8.42 Å². The van der Waals surface area contributed by atoms with Crippen molar-refractivity contribution in [1.29, 1.82) is 0 Å². The molecule has 0 fully saturated rings. The Labute approximate surface area is 118 Å². The quantitative estimate of drug-likeness (QED) is 0.878. The number of sulfone groups is 1. The van der Waals surface area contributed by atoms with Crippen LogP contribution >= 0.6 is 0 Å². The van der Waals surface area contributed by atoms with Gasteiger partial charge in [-0.1, -0.05) is 30.3 Å². The highest BCUT2D eigenvalue weighted by atomic mass is 32.2. The van der Waals surface area contributed by atoms with Crippen LogP contribution in [0.2, 0.25) is 0 Å². The van der Waals surface area contributed by atoms with Crippen LogP contribution in [0.5, 0.6) is 5.75 Å². The number of anilines is 1. The fourth-order valence-electron chi connectivity index (χ4n) is 2.45. The highest BCUT2D eigenvalue weighted by Crippen LogP contribution is 2.30. The monoisotopic (exact) mass is 289 g/mol. The summed E-state index contributed by atoms with van der Waals surface area (Å²) in [6.45, 7) is 0. The molecule has 0 radical (unpaired) electrons. The van der Waals surface area contributed by atoms with Gasteiger partial charge in [0.1, 0.15) is 11.9 Å². The predicted octanol–water partition coefficient (Wildman–Crippen LogP) is 2.05. The van der Waals surface area contributed by atoms with Gasteiger partial charge in [-0.15, -0.1) is 0 Å². The summed E-state index contributed by atoms with van der Waals surface area (Å²) in [6.07, 6.45) is 0.263. The fraction of sp³-hybridized carbons (Fsp3) is 0.200. The Morgan fingerprint density at radius 2 is 1.80 bits per heavy atom. The molecule has 2 aromatic rings. The molecule has 20 heavy (non-hydrogen) atoms. The Hall–Kier alpha value is -2.01. The van der Waals surface area contributed by atoms with Gasteiger partial charge < -0.3 is 10.5 Å². The van der Waals surface area contributed by atoms with Crippen molar-refractivity contribution >= 4 is 15.5 Å². The van der Waals surface area contributed by atoms with Crippen molar-refractivity contribution in [3.8, 4) is 5.75 Å². The van der Waals surface area contributed by atoms with Gasteiger partial charge in [-0.2, -0.15) is 0 Å². The maximum Gasteiger partial charge on any atom is 0.184 e. The van der Waals surface area contributed by atoms with Gasteiger partial charge in [-0.3, -0.25) is 0 Å². The van der Waals surface area contributed by atoms with Crippen LogP contribution in [-0.4, -0.2) is 20.3 Å². The topological polar surface area (TPSA) is 69.4 Å². The summed E-state index contributed by atoms with van der Waals surface area (Å²) in [4.78, 5) is 0.180. The van der Waals surface area contributed by atoms with Gasteiger partial charge >= 0.3 is 0 Å². The van der Waals surface area contributed by atoms with Gasteiger partial charge in [0.2, 0.25) is 0 Å². The third-order valence-corrected chi connectivity index (χ3v) is 5.23.